The van der Waals surface area contributed by atoms with Gasteiger partial charge in [-0.05, 0) is 37.7 Å². The molecule has 2 aromatic rings. The summed E-state index contributed by atoms with van der Waals surface area (Å²) >= 11 is 0. The van der Waals surface area contributed by atoms with Crippen molar-refractivity contribution in [2.45, 2.75) is 32.1 Å². The quantitative estimate of drug-likeness (QED) is 0.556. The van der Waals surface area contributed by atoms with E-state index in [2.05, 4.69) is 10.5 Å². The van der Waals surface area contributed by atoms with Crippen LogP contribution < -0.4 is 5.32 Å². The molecule has 1 saturated carbocycles. The van der Waals surface area contributed by atoms with Gasteiger partial charge in [-0.2, -0.15) is 0 Å². The van der Waals surface area contributed by atoms with Gasteiger partial charge in [-0.25, -0.2) is 0 Å². The SMILES string of the molecule is Cc1cc(NC(=O)COC(=O)CN2C(=O)[C@@H]3CC[C@@H](c4ccccc4)C[C@H]3C2=O)no1. The van der Waals surface area contributed by atoms with Crippen molar-refractivity contribution in [2.24, 2.45) is 11.8 Å². The summed E-state index contributed by atoms with van der Waals surface area (Å²) in [4.78, 5) is 50.5. The van der Waals surface area contributed by atoms with Crippen LogP contribution in [0, 0.1) is 18.8 Å². The number of ether oxygens (including phenoxy) is 1. The Bertz CT molecular complexity index is 1000. The first-order valence-corrected chi connectivity index (χ1v) is 10.2. The van der Waals surface area contributed by atoms with E-state index in [-0.39, 0.29) is 29.5 Å². The maximum absolute atomic E-state index is 12.8. The molecule has 2 aliphatic rings. The number of carbonyl (C=O) groups is 4. The lowest BCUT2D eigenvalue weighted by atomic mass is 9.73. The molecule has 9 heteroatoms. The number of nitrogens with zero attached hydrogens (tertiary/aromatic N) is 2. The number of nitrogens with one attached hydrogen (secondary N) is 1. The number of imide groups is 1. The number of aromatic nitrogens is 1. The van der Waals surface area contributed by atoms with Crippen LogP contribution in [0.4, 0.5) is 5.82 Å². The Morgan fingerprint density at radius 1 is 1.16 bits per heavy atom. The predicted octanol–water partition coefficient (Wildman–Crippen LogP) is 2.03. The molecule has 2 fully saturated rings. The van der Waals surface area contributed by atoms with Crippen molar-refractivity contribution in [3.63, 3.8) is 0 Å². The van der Waals surface area contributed by atoms with Gasteiger partial charge in [0.1, 0.15) is 12.3 Å². The van der Waals surface area contributed by atoms with Crippen molar-refractivity contribution in [1.29, 1.82) is 0 Å². The van der Waals surface area contributed by atoms with Crippen LogP contribution in [-0.2, 0) is 23.9 Å². The maximum atomic E-state index is 12.8. The van der Waals surface area contributed by atoms with E-state index < -0.39 is 30.9 Å². The van der Waals surface area contributed by atoms with Crippen LogP contribution in [-0.4, -0.2) is 46.9 Å². The van der Waals surface area contributed by atoms with Gasteiger partial charge < -0.3 is 14.6 Å². The molecule has 1 N–H and O–H groups in total. The highest BCUT2D eigenvalue weighted by atomic mass is 16.5. The molecule has 0 unspecified atom stereocenters. The number of likely N-dealkylation sites (tertiary alicyclic amines) is 1. The first kappa shape index (κ1) is 20.8. The van der Waals surface area contributed by atoms with E-state index in [9.17, 15) is 19.2 Å². The molecule has 0 radical (unpaired) electrons. The highest BCUT2D eigenvalue weighted by Crippen LogP contribution is 2.44. The Morgan fingerprint density at radius 2 is 1.90 bits per heavy atom. The first-order chi connectivity index (χ1) is 14.9. The third-order valence-corrected chi connectivity index (χ3v) is 5.83. The van der Waals surface area contributed by atoms with Crippen molar-refractivity contribution in [2.75, 3.05) is 18.5 Å². The van der Waals surface area contributed by atoms with Crippen molar-refractivity contribution < 1.29 is 28.4 Å². The van der Waals surface area contributed by atoms with E-state index in [0.29, 0.717) is 18.6 Å². The second-order valence-electron chi connectivity index (χ2n) is 7.93. The van der Waals surface area contributed by atoms with Crippen LogP contribution in [0.1, 0.15) is 36.5 Å². The Hall–Kier alpha value is -3.49. The number of anilines is 1. The van der Waals surface area contributed by atoms with Gasteiger partial charge >= 0.3 is 5.97 Å². The molecule has 3 atom stereocenters. The average Bonchev–Trinajstić information content (AvgIpc) is 3.28. The number of esters is 1. The van der Waals surface area contributed by atoms with Gasteiger partial charge in [0, 0.05) is 6.07 Å². The Balaban J connectivity index is 1.30. The third kappa shape index (κ3) is 4.50. The number of rotatable bonds is 6. The van der Waals surface area contributed by atoms with Crippen molar-refractivity contribution in [1.82, 2.24) is 10.1 Å². The smallest absolute Gasteiger partial charge is 0.326 e. The number of carbonyl (C=O) groups excluding carboxylic acids is 4. The van der Waals surface area contributed by atoms with E-state index in [1.807, 2.05) is 30.3 Å². The lowest BCUT2D eigenvalue weighted by Gasteiger charge is -2.28. The largest absolute Gasteiger partial charge is 0.454 e. The molecule has 162 valence electrons. The predicted molar refractivity (Wildman–Crippen MR) is 108 cm³/mol. The molecule has 9 nitrogen and oxygen atoms in total. The van der Waals surface area contributed by atoms with E-state index in [4.69, 9.17) is 9.26 Å². The van der Waals surface area contributed by atoms with Crippen molar-refractivity contribution >= 4 is 29.5 Å². The normalized spacial score (nSPS) is 22.9. The Kier molecular flexibility index (Phi) is 5.83. The lowest BCUT2D eigenvalue weighted by Crippen LogP contribution is -2.37. The van der Waals surface area contributed by atoms with Gasteiger partial charge in [0.05, 0.1) is 11.8 Å². The van der Waals surface area contributed by atoms with Crippen LogP contribution in [0.15, 0.2) is 40.9 Å². The second kappa shape index (κ2) is 8.71. The molecule has 1 aromatic carbocycles. The van der Waals surface area contributed by atoms with Crippen molar-refractivity contribution in [3.05, 3.63) is 47.7 Å². The molecule has 0 bridgehead atoms. The van der Waals surface area contributed by atoms with Crippen LogP contribution in [0.25, 0.3) is 0 Å². The van der Waals surface area contributed by atoms with Gasteiger partial charge in [-0.1, -0.05) is 35.5 Å². The average molecular weight is 425 g/mol. The number of amides is 3. The summed E-state index contributed by atoms with van der Waals surface area (Å²) < 4.78 is 9.76. The zero-order valence-corrected chi connectivity index (χ0v) is 17.1. The number of aryl methyl sites for hydroxylation is 1. The zero-order valence-electron chi connectivity index (χ0n) is 17.1. The minimum atomic E-state index is -0.813. The second-order valence-corrected chi connectivity index (χ2v) is 7.93. The van der Waals surface area contributed by atoms with Gasteiger partial charge in [0.25, 0.3) is 5.91 Å². The van der Waals surface area contributed by atoms with Gasteiger partial charge in [0.15, 0.2) is 12.4 Å². The zero-order chi connectivity index (χ0) is 22.0. The van der Waals surface area contributed by atoms with Crippen LogP contribution >= 0.6 is 0 Å². The topological polar surface area (TPSA) is 119 Å². The molecule has 3 amide bonds. The molecule has 1 saturated heterocycles. The summed E-state index contributed by atoms with van der Waals surface area (Å²) in [6, 6.07) is 11.5. The fourth-order valence-corrected chi connectivity index (χ4v) is 4.36. The molecule has 0 spiro atoms. The summed E-state index contributed by atoms with van der Waals surface area (Å²) in [5.74, 6) is -1.94. The highest BCUT2D eigenvalue weighted by Gasteiger charge is 2.50. The van der Waals surface area contributed by atoms with E-state index >= 15 is 0 Å². The molecule has 4 rings (SSSR count). The summed E-state index contributed by atoms with van der Waals surface area (Å²) in [6.07, 6.45) is 2.02. The van der Waals surface area contributed by atoms with Gasteiger partial charge in [0.2, 0.25) is 11.8 Å². The summed E-state index contributed by atoms with van der Waals surface area (Å²) in [5, 5.41) is 6.03. The highest BCUT2D eigenvalue weighted by molar-refractivity contribution is 6.07. The summed E-state index contributed by atoms with van der Waals surface area (Å²) in [5.41, 5.74) is 1.16. The fraction of sp³-hybridized carbons (Fsp3) is 0.409. The molecule has 1 aromatic heterocycles. The summed E-state index contributed by atoms with van der Waals surface area (Å²) in [6.45, 7) is 0.632. The van der Waals surface area contributed by atoms with Gasteiger partial charge in [-0.3, -0.25) is 24.1 Å². The van der Waals surface area contributed by atoms with E-state index in [1.54, 1.807) is 6.92 Å². The van der Waals surface area contributed by atoms with E-state index in [1.165, 1.54) is 6.07 Å². The first-order valence-electron chi connectivity index (χ1n) is 10.2. The number of hydrogen-bond donors (Lipinski definition) is 1. The van der Waals surface area contributed by atoms with E-state index in [0.717, 1.165) is 16.9 Å². The Labute approximate surface area is 178 Å². The van der Waals surface area contributed by atoms with Gasteiger partial charge in [-0.15, -0.1) is 0 Å². The third-order valence-electron chi connectivity index (χ3n) is 5.83. The number of hydrogen-bond acceptors (Lipinski definition) is 7. The lowest BCUT2D eigenvalue weighted by molar-refractivity contribution is -0.154. The standard InChI is InChI=1S/C22H23N3O6/c1-13-9-18(24-31-13)23-19(26)12-30-20(27)11-25-21(28)16-8-7-15(10-17(16)22(25)29)14-5-3-2-4-6-14/h2-6,9,15-17H,7-8,10-12H2,1H3,(H,23,24,26)/t15-,16-,17-/m1/s1. The fourth-order valence-electron chi connectivity index (χ4n) is 4.36. The molecular formula is C22H23N3O6. The van der Waals surface area contributed by atoms with Crippen molar-refractivity contribution in [3.8, 4) is 0 Å². The minimum absolute atomic E-state index is 0.209. The monoisotopic (exact) mass is 425 g/mol. The number of benzene rings is 1. The van der Waals surface area contributed by atoms with Crippen LogP contribution in [0.3, 0.4) is 0 Å². The van der Waals surface area contributed by atoms with Crippen LogP contribution in [0.2, 0.25) is 0 Å². The minimum Gasteiger partial charge on any atom is -0.454 e. The molecular weight excluding hydrogens is 402 g/mol. The molecule has 1 aliphatic heterocycles. The summed E-state index contributed by atoms with van der Waals surface area (Å²) in [7, 11) is 0. The number of fused-ring (bicyclic) bond motifs is 1. The molecule has 31 heavy (non-hydrogen) atoms. The van der Waals surface area contributed by atoms with Crippen LogP contribution in [0.5, 0.6) is 0 Å². The Morgan fingerprint density at radius 3 is 2.61 bits per heavy atom. The molecule has 1 aliphatic carbocycles. The molecule has 2 heterocycles. The maximum Gasteiger partial charge on any atom is 0.326 e.